The summed E-state index contributed by atoms with van der Waals surface area (Å²) in [5, 5.41) is 18.5. The van der Waals surface area contributed by atoms with E-state index in [0.717, 1.165) is 50.5 Å². The Morgan fingerprint density at radius 3 is 2.66 bits per heavy atom. The Balaban J connectivity index is 1.20. The zero-order valence-electron chi connectivity index (χ0n) is 19.4. The van der Waals surface area contributed by atoms with Crippen LogP contribution in [0, 0.1) is 5.82 Å². The van der Waals surface area contributed by atoms with Gasteiger partial charge in [-0.3, -0.25) is 9.88 Å². The van der Waals surface area contributed by atoms with Crippen molar-refractivity contribution in [1.29, 1.82) is 0 Å². The summed E-state index contributed by atoms with van der Waals surface area (Å²) in [5.74, 6) is 2.00. The highest BCUT2D eigenvalue weighted by molar-refractivity contribution is 6.30. The van der Waals surface area contributed by atoms with Crippen LogP contribution in [0.5, 0.6) is 5.75 Å². The van der Waals surface area contributed by atoms with Crippen molar-refractivity contribution in [2.45, 2.75) is 57.6 Å². The SMILES string of the molecule is OCc1nnc(CN2CCC(c3ncccc3OCc3ccc(Cl)cc3F)CC2)n1C[C@@H]1CCO1. The fourth-order valence-electron chi connectivity index (χ4n) is 4.64. The molecule has 1 aromatic carbocycles. The number of aliphatic hydroxyl groups is 1. The smallest absolute Gasteiger partial charge is 0.158 e. The number of rotatable bonds is 9. The van der Waals surface area contributed by atoms with Gasteiger partial charge in [0.1, 0.15) is 30.6 Å². The first-order valence-electron chi connectivity index (χ1n) is 12.0. The van der Waals surface area contributed by atoms with Gasteiger partial charge in [-0.15, -0.1) is 10.2 Å². The molecule has 1 N–H and O–H groups in total. The lowest BCUT2D eigenvalue weighted by molar-refractivity contribution is -0.0605. The quantitative estimate of drug-likeness (QED) is 0.478. The number of piperidine rings is 1. The highest BCUT2D eigenvalue weighted by Gasteiger charge is 2.27. The van der Waals surface area contributed by atoms with Gasteiger partial charge in [-0.05, 0) is 56.6 Å². The first-order valence-corrected chi connectivity index (χ1v) is 12.4. The molecule has 0 unspecified atom stereocenters. The summed E-state index contributed by atoms with van der Waals surface area (Å²) in [6.45, 7) is 3.89. The highest BCUT2D eigenvalue weighted by atomic mass is 35.5. The van der Waals surface area contributed by atoms with Gasteiger partial charge >= 0.3 is 0 Å². The molecule has 2 aliphatic heterocycles. The van der Waals surface area contributed by atoms with Gasteiger partial charge in [-0.25, -0.2) is 4.39 Å². The lowest BCUT2D eigenvalue weighted by atomic mass is 9.92. The molecule has 35 heavy (non-hydrogen) atoms. The lowest BCUT2D eigenvalue weighted by Gasteiger charge is -2.32. The largest absolute Gasteiger partial charge is 0.487 e. The molecule has 10 heteroatoms. The zero-order valence-corrected chi connectivity index (χ0v) is 20.2. The molecule has 0 radical (unpaired) electrons. The number of hydrogen-bond donors (Lipinski definition) is 1. The van der Waals surface area contributed by atoms with Crippen LogP contribution in [-0.2, 0) is 31.0 Å². The second-order valence-corrected chi connectivity index (χ2v) is 9.48. The molecular formula is C25H29ClFN5O3. The van der Waals surface area contributed by atoms with Crippen LogP contribution in [-0.4, -0.2) is 55.6 Å². The molecule has 1 atom stereocenters. The van der Waals surface area contributed by atoms with Crippen molar-refractivity contribution in [1.82, 2.24) is 24.6 Å². The predicted octanol–water partition coefficient (Wildman–Crippen LogP) is 3.71. The average Bonchev–Trinajstić information content (AvgIpc) is 3.22. The van der Waals surface area contributed by atoms with Gasteiger partial charge < -0.3 is 19.1 Å². The first-order chi connectivity index (χ1) is 17.1. The first kappa shape index (κ1) is 24.1. The number of halogens is 2. The standard InChI is InChI=1S/C25H29ClFN5O3/c26-19-4-3-18(21(27)12-19)16-35-22-2-1-8-28-25(22)17-5-9-31(10-6-17)14-23-29-30-24(15-33)32(23)13-20-7-11-34-20/h1-4,8,12,17,20,33H,5-7,9-11,13-16H2/t20-/m0/s1. The third-order valence-corrected chi connectivity index (χ3v) is 7.00. The fraction of sp³-hybridized carbons (Fsp3) is 0.480. The summed E-state index contributed by atoms with van der Waals surface area (Å²) in [6, 6.07) is 8.33. The molecule has 2 saturated heterocycles. The van der Waals surface area contributed by atoms with Crippen LogP contribution in [0.1, 0.15) is 48.1 Å². The fourth-order valence-corrected chi connectivity index (χ4v) is 4.80. The number of ether oxygens (including phenoxy) is 2. The number of pyridine rings is 1. The summed E-state index contributed by atoms with van der Waals surface area (Å²) < 4.78 is 27.7. The van der Waals surface area contributed by atoms with Gasteiger partial charge in [0, 0.05) is 29.3 Å². The molecule has 0 bridgehead atoms. The number of nitrogens with zero attached hydrogens (tertiary/aromatic N) is 5. The van der Waals surface area contributed by atoms with Crippen LogP contribution in [0.2, 0.25) is 5.02 Å². The molecule has 186 valence electrons. The van der Waals surface area contributed by atoms with E-state index in [1.807, 2.05) is 16.7 Å². The van der Waals surface area contributed by atoms with E-state index < -0.39 is 0 Å². The van der Waals surface area contributed by atoms with Crippen molar-refractivity contribution in [3.63, 3.8) is 0 Å². The Morgan fingerprint density at radius 2 is 1.94 bits per heavy atom. The molecule has 8 nitrogen and oxygen atoms in total. The topological polar surface area (TPSA) is 85.5 Å². The molecule has 2 aliphatic rings. The van der Waals surface area contributed by atoms with Crippen molar-refractivity contribution in [2.24, 2.45) is 0 Å². The van der Waals surface area contributed by atoms with Crippen molar-refractivity contribution in [2.75, 3.05) is 19.7 Å². The molecule has 2 aromatic heterocycles. The van der Waals surface area contributed by atoms with Crippen LogP contribution >= 0.6 is 11.6 Å². The summed E-state index contributed by atoms with van der Waals surface area (Å²) in [5.41, 5.74) is 1.37. The van der Waals surface area contributed by atoms with E-state index in [9.17, 15) is 9.50 Å². The second-order valence-electron chi connectivity index (χ2n) is 9.04. The Labute approximate surface area is 208 Å². The number of hydrogen-bond acceptors (Lipinski definition) is 7. The van der Waals surface area contributed by atoms with Gasteiger partial charge in [-0.1, -0.05) is 17.7 Å². The van der Waals surface area contributed by atoms with Crippen molar-refractivity contribution in [3.8, 4) is 5.75 Å². The van der Waals surface area contributed by atoms with E-state index in [0.29, 0.717) is 35.2 Å². The normalized spacial score (nSPS) is 19.0. The van der Waals surface area contributed by atoms with E-state index in [4.69, 9.17) is 21.1 Å². The van der Waals surface area contributed by atoms with Crippen LogP contribution in [0.3, 0.4) is 0 Å². The van der Waals surface area contributed by atoms with E-state index in [1.165, 1.54) is 6.07 Å². The third-order valence-electron chi connectivity index (χ3n) is 6.76. The molecule has 2 fully saturated rings. The summed E-state index contributed by atoms with van der Waals surface area (Å²) in [6.07, 6.45) is 4.82. The van der Waals surface area contributed by atoms with E-state index >= 15 is 0 Å². The molecular weight excluding hydrogens is 473 g/mol. The lowest BCUT2D eigenvalue weighted by Crippen LogP contribution is -2.36. The third kappa shape index (κ3) is 5.64. The molecule has 4 heterocycles. The van der Waals surface area contributed by atoms with Gasteiger partial charge in [0.05, 0.1) is 24.9 Å². The van der Waals surface area contributed by atoms with Crippen LogP contribution in [0.25, 0.3) is 0 Å². The molecule has 0 aliphatic carbocycles. The number of aromatic nitrogens is 4. The molecule has 0 saturated carbocycles. The zero-order chi connectivity index (χ0) is 24.2. The highest BCUT2D eigenvalue weighted by Crippen LogP contribution is 2.33. The summed E-state index contributed by atoms with van der Waals surface area (Å²) >= 11 is 5.85. The van der Waals surface area contributed by atoms with E-state index in [2.05, 4.69) is 20.1 Å². The van der Waals surface area contributed by atoms with Gasteiger partial charge in [0.15, 0.2) is 5.82 Å². The van der Waals surface area contributed by atoms with Crippen LogP contribution < -0.4 is 4.74 Å². The van der Waals surface area contributed by atoms with Crippen LogP contribution in [0.15, 0.2) is 36.5 Å². The Bertz CT molecular complexity index is 1150. The van der Waals surface area contributed by atoms with Crippen LogP contribution in [0.4, 0.5) is 4.39 Å². The Kier molecular flexibility index (Phi) is 7.57. The minimum Gasteiger partial charge on any atom is -0.487 e. The predicted molar refractivity (Wildman–Crippen MR) is 128 cm³/mol. The summed E-state index contributed by atoms with van der Waals surface area (Å²) in [7, 11) is 0. The monoisotopic (exact) mass is 501 g/mol. The number of aliphatic hydroxyl groups excluding tert-OH is 1. The van der Waals surface area contributed by atoms with Gasteiger partial charge in [0.2, 0.25) is 0 Å². The number of likely N-dealkylation sites (tertiary alicyclic amines) is 1. The van der Waals surface area contributed by atoms with Crippen molar-refractivity contribution >= 4 is 11.6 Å². The molecule has 3 aromatic rings. The molecule has 0 amide bonds. The van der Waals surface area contributed by atoms with E-state index in [-0.39, 0.29) is 31.1 Å². The maximum absolute atomic E-state index is 14.2. The van der Waals surface area contributed by atoms with Crippen molar-refractivity contribution in [3.05, 3.63) is 70.3 Å². The average molecular weight is 502 g/mol. The molecule has 5 rings (SSSR count). The van der Waals surface area contributed by atoms with E-state index in [1.54, 1.807) is 18.3 Å². The van der Waals surface area contributed by atoms with Gasteiger partial charge in [-0.2, -0.15) is 0 Å². The second kappa shape index (κ2) is 11.0. The molecule has 0 spiro atoms. The Hall–Kier alpha value is -2.59. The minimum atomic E-state index is -0.377. The maximum Gasteiger partial charge on any atom is 0.158 e. The van der Waals surface area contributed by atoms with Gasteiger partial charge in [0.25, 0.3) is 0 Å². The summed E-state index contributed by atoms with van der Waals surface area (Å²) in [4.78, 5) is 6.96. The maximum atomic E-state index is 14.2. The number of benzene rings is 1. The minimum absolute atomic E-state index is 0.119. The Morgan fingerprint density at radius 1 is 1.14 bits per heavy atom. The van der Waals surface area contributed by atoms with Crippen molar-refractivity contribution < 1.29 is 19.0 Å².